The van der Waals surface area contributed by atoms with Gasteiger partial charge in [0.25, 0.3) is 0 Å². The Morgan fingerprint density at radius 1 is 1.33 bits per heavy atom. The van der Waals surface area contributed by atoms with E-state index >= 15 is 0 Å². The molecule has 1 aliphatic heterocycles. The van der Waals surface area contributed by atoms with E-state index in [-0.39, 0.29) is 11.9 Å². The van der Waals surface area contributed by atoms with Crippen molar-refractivity contribution in [3.8, 4) is 6.01 Å². The van der Waals surface area contributed by atoms with Crippen LogP contribution in [0.4, 0.5) is 10.6 Å². The Kier molecular flexibility index (Phi) is 4.84. The van der Waals surface area contributed by atoms with Crippen LogP contribution in [0.25, 0.3) is 0 Å². The summed E-state index contributed by atoms with van der Waals surface area (Å²) in [5.41, 5.74) is 0. The van der Waals surface area contributed by atoms with Crippen molar-refractivity contribution in [2.45, 2.75) is 44.3 Å². The predicted octanol–water partition coefficient (Wildman–Crippen LogP) is 1.06. The first-order valence-corrected chi connectivity index (χ1v) is 8.11. The summed E-state index contributed by atoms with van der Waals surface area (Å²) >= 11 is 0. The summed E-state index contributed by atoms with van der Waals surface area (Å²) in [6.45, 7) is 2.53. The zero-order chi connectivity index (χ0) is 17.1. The van der Waals surface area contributed by atoms with E-state index in [0.29, 0.717) is 25.2 Å². The highest BCUT2D eigenvalue weighted by atomic mass is 16.6. The third-order valence-electron chi connectivity index (χ3n) is 4.69. The molecule has 24 heavy (non-hydrogen) atoms. The molecule has 0 atom stereocenters. The first-order chi connectivity index (χ1) is 11.5. The summed E-state index contributed by atoms with van der Waals surface area (Å²) in [7, 11) is 0. The molecule has 2 heterocycles. The fraction of sp³-hybridized carbons (Fsp3) is 0.714. The van der Waals surface area contributed by atoms with Gasteiger partial charge in [0.15, 0.2) is 0 Å². The quantitative estimate of drug-likeness (QED) is 0.623. The van der Waals surface area contributed by atoms with Gasteiger partial charge < -0.3 is 25.3 Å². The molecule has 0 saturated heterocycles. The zero-order valence-corrected chi connectivity index (χ0v) is 13.3. The van der Waals surface area contributed by atoms with Crippen LogP contribution in [0.5, 0.6) is 6.01 Å². The first kappa shape index (κ1) is 16.5. The van der Waals surface area contributed by atoms with Gasteiger partial charge in [-0.1, -0.05) is 0 Å². The average Bonchev–Trinajstić information content (AvgIpc) is 2.91. The van der Waals surface area contributed by atoms with Crippen molar-refractivity contribution in [2.24, 2.45) is 0 Å². The van der Waals surface area contributed by atoms with Crippen LogP contribution in [0.15, 0.2) is 6.20 Å². The van der Waals surface area contributed by atoms with Crippen LogP contribution in [0.2, 0.25) is 0 Å². The van der Waals surface area contributed by atoms with Crippen LogP contribution in [-0.4, -0.2) is 62.4 Å². The van der Waals surface area contributed by atoms with Gasteiger partial charge in [0.2, 0.25) is 0 Å². The number of rotatable bonds is 3. The smallest absolute Gasteiger partial charge is 0.414 e. The Balaban J connectivity index is 1.57. The van der Waals surface area contributed by atoms with Crippen molar-refractivity contribution in [3.05, 3.63) is 16.3 Å². The van der Waals surface area contributed by atoms with E-state index < -0.39 is 11.0 Å². The Hall–Kier alpha value is -2.36. The normalized spacial score (nSPS) is 25.0. The van der Waals surface area contributed by atoms with Gasteiger partial charge >= 0.3 is 17.9 Å². The number of nitrogens with zero attached hydrogens (tertiary/aromatic N) is 4. The van der Waals surface area contributed by atoms with E-state index in [0.717, 1.165) is 38.8 Å². The van der Waals surface area contributed by atoms with Gasteiger partial charge in [-0.25, -0.2) is 4.79 Å². The largest absolute Gasteiger partial charge is 0.465 e. The van der Waals surface area contributed by atoms with Crippen molar-refractivity contribution >= 4 is 11.9 Å². The summed E-state index contributed by atoms with van der Waals surface area (Å²) in [6, 6.07) is 0.726. The van der Waals surface area contributed by atoms with Crippen LogP contribution in [0.1, 0.15) is 25.7 Å². The molecule has 1 aromatic rings. The van der Waals surface area contributed by atoms with Gasteiger partial charge in [-0.15, -0.1) is 0 Å². The molecule has 10 heteroatoms. The molecule has 2 aliphatic rings. The third-order valence-corrected chi connectivity index (χ3v) is 4.69. The highest BCUT2D eigenvalue weighted by Crippen LogP contribution is 2.25. The van der Waals surface area contributed by atoms with Crippen molar-refractivity contribution in [1.82, 2.24) is 19.8 Å². The van der Waals surface area contributed by atoms with Crippen molar-refractivity contribution in [1.29, 1.82) is 0 Å². The van der Waals surface area contributed by atoms with Crippen molar-refractivity contribution in [2.75, 3.05) is 19.7 Å². The molecule has 3 rings (SSSR count). The van der Waals surface area contributed by atoms with Gasteiger partial charge in [-0.05, 0) is 30.6 Å². The molecule has 1 aromatic heterocycles. The molecule has 1 aliphatic carbocycles. The van der Waals surface area contributed by atoms with Crippen molar-refractivity contribution < 1.29 is 19.6 Å². The average molecular weight is 339 g/mol. The maximum Gasteiger partial charge on any atom is 0.414 e. The molecule has 0 unspecified atom stereocenters. The van der Waals surface area contributed by atoms with Gasteiger partial charge in [-0.2, -0.15) is 0 Å². The minimum Gasteiger partial charge on any atom is -0.465 e. The Bertz CT molecular complexity index is 611. The number of carbonyl (C=O) groups is 1. The molecular weight excluding hydrogens is 318 g/mol. The Labute approximate surface area is 138 Å². The Morgan fingerprint density at radius 2 is 2.08 bits per heavy atom. The number of nitrogens with one attached hydrogen (secondary N) is 1. The van der Waals surface area contributed by atoms with Gasteiger partial charge in [-0.3, -0.25) is 9.47 Å². The van der Waals surface area contributed by atoms with Crippen LogP contribution in [0, 0.1) is 10.1 Å². The molecule has 0 spiro atoms. The minimum atomic E-state index is -0.965. The summed E-state index contributed by atoms with van der Waals surface area (Å²) in [5, 5.41) is 22.2. The number of aromatic nitrogens is 2. The number of nitro groups is 1. The highest BCUT2D eigenvalue weighted by molar-refractivity contribution is 5.64. The second-order valence-electron chi connectivity index (χ2n) is 6.17. The zero-order valence-electron chi connectivity index (χ0n) is 13.3. The van der Waals surface area contributed by atoms with Gasteiger partial charge in [0.1, 0.15) is 12.8 Å². The summed E-state index contributed by atoms with van der Waals surface area (Å²) < 4.78 is 7.25. The monoisotopic (exact) mass is 339 g/mol. The number of carboxylic acid groups (broad SMARTS) is 1. The van der Waals surface area contributed by atoms with E-state index in [2.05, 4.69) is 15.2 Å². The summed E-state index contributed by atoms with van der Waals surface area (Å²) in [5.74, 6) is -0.196. The molecule has 1 amide bonds. The molecule has 0 aromatic carbocycles. The number of hydrogen-bond donors (Lipinski definition) is 2. The lowest BCUT2D eigenvalue weighted by atomic mass is 9.90. The van der Waals surface area contributed by atoms with Crippen LogP contribution in [0.3, 0.4) is 0 Å². The topological polar surface area (TPSA) is 123 Å². The second-order valence-corrected chi connectivity index (χ2v) is 6.17. The lowest BCUT2D eigenvalue weighted by Gasteiger charge is -2.37. The predicted molar refractivity (Wildman–Crippen MR) is 83.2 cm³/mol. The summed E-state index contributed by atoms with van der Waals surface area (Å²) in [6.07, 6.45) is 3.97. The maximum atomic E-state index is 10.8. The number of imidazole rings is 1. The number of ether oxygens (including phenoxy) is 1. The van der Waals surface area contributed by atoms with E-state index in [1.165, 1.54) is 6.20 Å². The van der Waals surface area contributed by atoms with E-state index in [1.807, 2.05) is 0 Å². The van der Waals surface area contributed by atoms with E-state index in [4.69, 9.17) is 9.84 Å². The molecule has 1 fully saturated rings. The first-order valence-electron chi connectivity index (χ1n) is 8.11. The SMILES string of the molecule is O=C(O)NC1CCC(N2CCOc3nc([N+](=O)[O-])cn3CC2)CC1. The number of amides is 1. The molecule has 0 bridgehead atoms. The lowest BCUT2D eigenvalue weighted by molar-refractivity contribution is -0.389. The second kappa shape index (κ2) is 7.04. The number of hydrogen-bond acceptors (Lipinski definition) is 6. The molecular formula is C14H21N5O5. The molecule has 1 saturated carbocycles. The highest BCUT2D eigenvalue weighted by Gasteiger charge is 2.29. The molecule has 0 radical (unpaired) electrons. The molecule has 132 valence electrons. The van der Waals surface area contributed by atoms with Gasteiger partial charge in [0, 0.05) is 36.7 Å². The third kappa shape index (κ3) is 3.75. The van der Waals surface area contributed by atoms with Crippen LogP contribution < -0.4 is 10.1 Å². The fourth-order valence-corrected chi connectivity index (χ4v) is 3.48. The van der Waals surface area contributed by atoms with E-state index in [9.17, 15) is 14.9 Å². The fourth-order valence-electron chi connectivity index (χ4n) is 3.48. The van der Waals surface area contributed by atoms with Crippen LogP contribution >= 0.6 is 0 Å². The van der Waals surface area contributed by atoms with Crippen molar-refractivity contribution in [3.63, 3.8) is 0 Å². The summed E-state index contributed by atoms with van der Waals surface area (Å²) in [4.78, 5) is 27.2. The minimum absolute atomic E-state index is 0.0349. The maximum absolute atomic E-state index is 10.8. The molecule has 10 nitrogen and oxygen atoms in total. The van der Waals surface area contributed by atoms with Crippen LogP contribution in [-0.2, 0) is 6.54 Å². The Morgan fingerprint density at radius 3 is 2.75 bits per heavy atom. The van der Waals surface area contributed by atoms with E-state index in [1.54, 1.807) is 4.57 Å². The lowest BCUT2D eigenvalue weighted by Crippen LogP contribution is -2.46. The molecule has 2 N–H and O–H groups in total. The number of fused-ring (bicyclic) bond motifs is 1. The standard InChI is InChI=1S/C14H21N5O5/c20-14(21)15-10-1-3-11(4-2-10)17-5-6-18-9-12(19(22)23)16-13(18)24-8-7-17/h9-11,15H,1-8H2,(H,20,21). The van der Waals surface area contributed by atoms with Gasteiger partial charge in [0.05, 0.1) is 0 Å².